The predicted octanol–water partition coefficient (Wildman–Crippen LogP) is 2.27. The molecule has 146 valence electrons. The van der Waals surface area contributed by atoms with Crippen LogP contribution in [-0.4, -0.2) is 39.4 Å². The summed E-state index contributed by atoms with van der Waals surface area (Å²) in [6.07, 6.45) is -3.27. The number of benzene rings is 1. The zero-order valence-electron chi connectivity index (χ0n) is 13.8. The van der Waals surface area contributed by atoms with Crippen LogP contribution in [0.25, 0.3) is 0 Å². The number of fused-ring (bicyclic) bond motifs is 1. The van der Waals surface area contributed by atoms with E-state index in [4.69, 9.17) is 9.47 Å². The van der Waals surface area contributed by atoms with E-state index in [1.807, 2.05) is 0 Å². The Morgan fingerprint density at radius 1 is 1.15 bits per heavy atom. The van der Waals surface area contributed by atoms with E-state index in [2.05, 4.69) is 14.4 Å². The quantitative estimate of drug-likeness (QED) is 0.795. The minimum atomic E-state index is -4.53. The number of ether oxygens (including phenoxy) is 3. The maximum atomic E-state index is 12.5. The predicted molar refractivity (Wildman–Crippen MR) is 87.2 cm³/mol. The van der Waals surface area contributed by atoms with E-state index in [1.54, 1.807) is 0 Å². The standard InChI is InChI=1S/C16H15F3N2O5S/c17-16(18,19)10-26-15-11(2-1-5-20-15)9-21-27(22,23)12-3-4-13-14(8-12)25-7-6-24-13/h1-5,8,21H,6-7,9-10H2. The number of aromatic nitrogens is 1. The van der Waals surface area contributed by atoms with Gasteiger partial charge in [-0.05, 0) is 18.2 Å². The van der Waals surface area contributed by atoms with E-state index in [-0.39, 0.29) is 22.9 Å². The molecule has 0 fully saturated rings. The van der Waals surface area contributed by atoms with Crippen molar-refractivity contribution in [3.8, 4) is 17.4 Å². The Labute approximate surface area is 153 Å². The summed E-state index contributed by atoms with van der Waals surface area (Å²) in [6, 6.07) is 7.03. The molecule has 0 atom stereocenters. The summed E-state index contributed by atoms with van der Waals surface area (Å²) in [5, 5.41) is 0. The van der Waals surface area contributed by atoms with Crippen molar-refractivity contribution in [3.63, 3.8) is 0 Å². The minimum absolute atomic E-state index is 0.0617. The zero-order valence-corrected chi connectivity index (χ0v) is 14.6. The minimum Gasteiger partial charge on any atom is -0.486 e. The first kappa shape index (κ1) is 19.2. The van der Waals surface area contributed by atoms with Crippen molar-refractivity contribution < 1.29 is 35.8 Å². The lowest BCUT2D eigenvalue weighted by Crippen LogP contribution is -2.25. The van der Waals surface area contributed by atoms with Crippen LogP contribution in [0.15, 0.2) is 41.4 Å². The van der Waals surface area contributed by atoms with E-state index in [9.17, 15) is 21.6 Å². The van der Waals surface area contributed by atoms with Crippen LogP contribution in [-0.2, 0) is 16.6 Å². The van der Waals surface area contributed by atoms with Gasteiger partial charge < -0.3 is 14.2 Å². The molecule has 27 heavy (non-hydrogen) atoms. The Balaban J connectivity index is 1.72. The Morgan fingerprint density at radius 3 is 2.63 bits per heavy atom. The Bertz CT molecular complexity index is 919. The molecule has 1 aliphatic rings. The number of hydrogen-bond acceptors (Lipinski definition) is 6. The van der Waals surface area contributed by atoms with Crippen LogP contribution in [0, 0.1) is 0 Å². The third-order valence-electron chi connectivity index (χ3n) is 3.50. The molecule has 2 heterocycles. The number of nitrogens with one attached hydrogen (secondary N) is 1. The number of sulfonamides is 1. The van der Waals surface area contributed by atoms with Crippen molar-refractivity contribution in [2.75, 3.05) is 19.8 Å². The number of hydrogen-bond donors (Lipinski definition) is 1. The van der Waals surface area contributed by atoms with Gasteiger partial charge in [-0.1, -0.05) is 6.07 Å². The normalized spacial score (nSPS) is 14.0. The average molecular weight is 404 g/mol. The van der Waals surface area contributed by atoms with Crippen LogP contribution in [0.5, 0.6) is 17.4 Å². The summed E-state index contributed by atoms with van der Waals surface area (Å²) in [5.41, 5.74) is 0.169. The van der Waals surface area contributed by atoms with Crippen LogP contribution in [0.2, 0.25) is 0 Å². The van der Waals surface area contributed by atoms with Crippen molar-refractivity contribution in [1.82, 2.24) is 9.71 Å². The number of nitrogens with zero attached hydrogens (tertiary/aromatic N) is 1. The van der Waals surface area contributed by atoms with Gasteiger partial charge in [0.05, 0.1) is 4.90 Å². The molecule has 0 bridgehead atoms. The summed E-state index contributed by atoms with van der Waals surface area (Å²) in [4.78, 5) is 3.66. The molecule has 0 unspecified atom stereocenters. The smallest absolute Gasteiger partial charge is 0.422 e. The molecular formula is C16H15F3N2O5S. The summed E-state index contributed by atoms with van der Waals surface area (Å²) in [6.45, 7) is -1.14. The molecular weight excluding hydrogens is 389 g/mol. The highest BCUT2D eigenvalue weighted by Gasteiger charge is 2.29. The summed E-state index contributed by atoms with van der Waals surface area (Å²) >= 11 is 0. The molecule has 1 N–H and O–H groups in total. The van der Waals surface area contributed by atoms with Gasteiger partial charge in [0.1, 0.15) is 13.2 Å². The maximum Gasteiger partial charge on any atom is 0.422 e. The Hall–Kier alpha value is -2.53. The fraction of sp³-hybridized carbons (Fsp3) is 0.312. The monoisotopic (exact) mass is 404 g/mol. The second kappa shape index (κ2) is 7.61. The lowest BCUT2D eigenvalue weighted by molar-refractivity contribution is -0.154. The topological polar surface area (TPSA) is 86.8 Å². The van der Waals surface area contributed by atoms with Crippen molar-refractivity contribution in [3.05, 3.63) is 42.1 Å². The second-order valence-corrected chi connectivity index (χ2v) is 7.27. The lowest BCUT2D eigenvalue weighted by atomic mass is 10.3. The molecule has 0 aliphatic carbocycles. The third kappa shape index (κ3) is 5.01. The van der Waals surface area contributed by atoms with Gasteiger partial charge in [-0.3, -0.25) is 0 Å². The molecule has 11 heteroatoms. The van der Waals surface area contributed by atoms with Crippen molar-refractivity contribution in [1.29, 1.82) is 0 Å². The van der Waals surface area contributed by atoms with Crippen LogP contribution >= 0.6 is 0 Å². The first-order valence-corrected chi connectivity index (χ1v) is 9.26. The molecule has 0 saturated carbocycles. The molecule has 2 aromatic rings. The summed E-state index contributed by atoms with van der Waals surface area (Å²) < 4.78 is 79.5. The first-order valence-electron chi connectivity index (χ1n) is 7.77. The van der Waals surface area contributed by atoms with Gasteiger partial charge in [-0.25, -0.2) is 18.1 Å². The SMILES string of the molecule is O=S(=O)(NCc1cccnc1OCC(F)(F)F)c1ccc2c(c1)OCCO2. The van der Waals surface area contributed by atoms with E-state index >= 15 is 0 Å². The number of halogens is 3. The molecule has 0 radical (unpaired) electrons. The van der Waals surface area contributed by atoms with Crippen molar-refractivity contribution >= 4 is 10.0 Å². The van der Waals surface area contributed by atoms with Crippen molar-refractivity contribution in [2.45, 2.75) is 17.6 Å². The molecule has 0 spiro atoms. The molecule has 1 aromatic carbocycles. The number of alkyl halides is 3. The second-order valence-electron chi connectivity index (χ2n) is 5.50. The van der Waals surface area contributed by atoms with E-state index in [1.165, 1.54) is 36.5 Å². The number of pyridine rings is 1. The van der Waals surface area contributed by atoms with Gasteiger partial charge in [-0.15, -0.1) is 0 Å². The highest BCUT2D eigenvalue weighted by molar-refractivity contribution is 7.89. The van der Waals surface area contributed by atoms with E-state index in [0.29, 0.717) is 24.7 Å². The van der Waals surface area contributed by atoms with E-state index < -0.39 is 22.8 Å². The van der Waals surface area contributed by atoms with Crippen LogP contribution in [0.1, 0.15) is 5.56 Å². The zero-order chi connectivity index (χ0) is 19.5. The lowest BCUT2D eigenvalue weighted by Gasteiger charge is -2.19. The van der Waals surface area contributed by atoms with Gasteiger partial charge in [-0.2, -0.15) is 13.2 Å². The highest BCUT2D eigenvalue weighted by atomic mass is 32.2. The fourth-order valence-electron chi connectivity index (χ4n) is 2.29. The number of rotatable bonds is 6. The average Bonchev–Trinajstić information content (AvgIpc) is 2.64. The third-order valence-corrected chi connectivity index (χ3v) is 4.90. The molecule has 3 rings (SSSR count). The molecule has 1 aromatic heterocycles. The molecule has 1 aliphatic heterocycles. The van der Waals surface area contributed by atoms with Gasteiger partial charge in [0.15, 0.2) is 18.1 Å². The van der Waals surface area contributed by atoms with Crippen LogP contribution in [0.3, 0.4) is 0 Å². The fourth-order valence-corrected chi connectivity index (χ4v) is 3.31. The molecule has 7 nitrogen and oxygen atoms in total. The van der Waals surface area contributed by atoms with Gasteiger partial charge in [0, 0.05) is 24.4 Å². The summed E-state index contributed by atoms with van der Waals surface area (Å²) in [7, 11) is -3.94. The summed E-state index contributed by atoms with van der Waals surface area (Å²) in [5.74, 6) is 0.453. The Morgan fingerprint density at radius 2 is 1.89 bits per heavy atom. The van der Waals surface area contributed by atoms with Gasteiger partial charge in [0.25, 0.3) is 0 Å². The molecule has 0 amide bonds. The molecule has 0 saturated heterocycles. The highest BCUT2D eigenvalue weighted by Crippen LogP contribution is 2.32. The van der Waals surface area contributed by atoms with E-state index in [0.717, 1.165) is 0 Å². The van der Waals surface area contributed by atoms with Gasteiger partial charge in [0.2, 0.25) is 15.9 Å². The van der Waals surface area contributed by atoms with Crippen LogP contribution < -0.4 is 18.9 Å². The first-order chi connectivity index (χ1) is 12.7. The van der Waals surface area contributed by atoms with Crippen molar-refractivity contribution in [2.24, 2.45) is 0 Å². The van der Waals surface area contributed by atoms with Crippen LogP contribution in [0.4, 0.5) is 13.2 Å². The largest absolute Gasteiger partial charge is 0.486 e. The maximum absolute atomic E-state index is 12.5. The van der Waals surface area contributed by atoms with Gasteiger partial charge >= 0.3 is 6.18 Å². The Kier molecular flexibility index (Phi) is 5.42.